The predicted octanol–water partition coefficient (Wildman–Crippen LogP) is 1.20. The second kappa shape index (κ2) is 5.58. The van der Waals surface area contributed by atoms with E-state index in [1.165, 1.54) is 0 Å². The first-order chi connectivity index (χ1) is 6.27. The van der Waals surface area contributed by atoms with Crippen molar-refractivity contribution in [3.8, 4) is 0 Å². The summed E-state index contributed by atoms with van der Waals surface area (Å²) in [5.41, 5.74) is 0. The van der Waals surface area contributed by atoms with Gasteiger partial charge in [-0.3, -0.25) is 0 Å². The maximum absolute atomic E-state index is 9.09. The van der Waals surface area contributed by atoms with E-state index in [1.54, 1.807) is 0 Å². The van der Waals surface area contributed by atoms with Gasteiger partial charge in [-0.25, -0.2) is 0 Å². The van der Waals surface area contributed by atoms with E-state index in [-0.39, 0.29) is 12.2 Å². The lowest BCUT2D eigenvalue weighted by Crippen LogP contribution is -2.24. The first kappa shape index (κ1) is 11.0. The highest BCUT2D eigenvalue weighted by molar-refractivity contribution is 4.88. The molecule has 0 spiro atoms. The van der Waals surface area contributed by atoms with Crippen molar-refractivity contribution in [2.24, 2.45) is 5.92 Å². The second-order valence-electron chi connectivity index (χ2n) is 3.56. The fraction of sp³-hybridized carbons (Fsp3) is 1.00. The molecule has 2 rings (SSSR count). The maximum atomic E-state index is 9.09. The molecule has 0 aromatic carbocycles. The summed E-state index contributed by atoms with van der Waals surface area (Å²) >= 11 is 0. The molecule has 2 aliphatic rings. The summed E-state index contributed by atoms with van der Waals surface area (Å²) in [4.78, 5) is 0. The average Bonchev–Trinajstić information content (AvgIpc) is 2.67. The van der Waals surface area contributed by atoms with Gasteiger partial charge in [-0.1, -0.05) is 0 Å². The largest absolute Gasteiger partial charge is 0.390 e. The molecule has 0 aromatic rings. The van der Waals surface area contributed by atoms with Crippen LogP contribution in [0, 0.1) is 5.92 Å². The van der Waals surface area contributed by atoms with Crippen molar-refractivity contribution in [3.05, 3.63) is 0 Å². The van der Waals surface area contributed by atoms with Gasteiger partial charge in [-0.2, -0.15) is 0 Å². The highest BCUT2D eigenvalue weighted by atomic mass is 16.5. The summed E-state index contributed by atoms with van der Waals surface area (Å²) in [7, 11) is 0. The number of ether oxygens (including phenoxy) is 2. The third-order valence-corrected chi connectivity index (χ3v) is 2.52. The summed E-state index contributed by atoms with van der Waals surface area (Å²) in [5.74, 6) is 0.676. The fourth-order valence-corrected chi connectivity index (χ4v) is 1.85. The molecule has 3 unspecified atom stereocenters. The topological polar surface area (TPSA) is 38.7 Å². The van der Waals surface area contributed by atoms with E-state index in [1.807, 2.05) is 13.8 Å². The Kier molecular flexibility index (Phi) is 4.70. The Bertz CT molecular complexity index is 134. The summed E-state index contributed by atoms with van der Waals surface area (Å²) in [6.07, 6.45) is 2.12. The SMILES string of the molecule is CCOCC.OC1CC2COC1C2. The van der Waals surface area contributed by atoms with Crippen LogP contribution in [0.4, 0.5) is 0 Å². The van der Waals surface area contributed by atoms with Crippen LogP contribution >= 0.6 is 0 Å². The number of fused-ring (bicyclic) bond motifs is 2. The van der Waals surface area contributed by atoms with Crippen LogP contribution in [0.3, 0.4) is 0 Å². The van der Waals surface area contributed by atoms with Crippen LogP contribution in [0.25, 0.3) is 0 Å². The molecule has 1 saturated carbocycles. The van der Waals surface area contributed by atoms with Crippen molar-refractivity contribution in [1.29, 1.82) is 0 Å². The number of hydrogen-bond donors (Lipinski definition) is 1. The Labute approximate surface area is 80.0 Å². The molecular weight excluding hydrogens is 168 g/mol. The fourth-order valence-electron chi connectivity index (χ4n) is 1.85. The smallest absolute Gasteiger partial charge is 0.0837 e. The molecule has 1 saturated heterocycles. The monoisotopic (exact) mass is 188 g/mol. The minimum absolute atomic E-state index is 0.145. The van der Waals surface area contributed by atoms with E-state index >= 15 is 0 Å². The molecule has 3 heteroatoms. The Morgan fingerprint density at radius 2 is 2.00 bits per heavy atom. The van der Waals surface area contributed by atoms with Crippen LogP contribution in [0.2, 0.25) is 0 Å². The molecule has 2 fully saturated rings. The van der Waals surface area contributed by atoms with E-state index in [4.69, 9.17) is 14.6 Å². The number of aliphatic hydroxyl groups excluding tert-OH is 1. The molecule has 0 aromatic heterocycles. The van der Waals surface area contributed by atoms with Gasteiger partial charge in [-0.15, -0.1) is 0 Å². The standard InChI is InChI=1S/C6H10O2.C4H10O/c7-5-1-4-2-6(5)8-3-4;1-3-5-4-2/h4-7H,1-3H2;3-4H2,1-2H3. The summed E-state index contributed by atoms with van der Waals surface area (Å²) < 4.78 is 10.0. The zero-order valence-electron chi connectivity index (χ0n) is 8.53. The zero-order chi connectivity index (χ0) is 9.68. The van der Waals surface area contributed by atoms with Crippen molar-refractivity contribution < 1.29 is 14.6 Å². The molecule has 13 heavy (non-hydrogen) atoms. The van der Waals surface area contributed by atoms with E-state index in [9.17, 15) is 0 Å². The van der Waals surface area contributed by atoms with Crippen molar-refractivity contribution >= 4 is 0 Å². The molecule has 1 N–H and O–H groups in total. The van der Waals surface area contributed by atoms with Gasteiger partial charge in [0.1, 0.15) is 0 Å². The molecule has 1 heterocycles. The number of aliphatic hydroxyl groups is 1. The van der Waals surface area contributed by atoms with Crippen LogP contribution in [0.1, 0.15) is 26.7 Å². The lowest BCUT2D eigenvalue weighted by atomic mass is 10.1. The maximum Gasteiger partial charge on any atom is 0.0837 e. The molecule has 1 aliphatic heterocycles. The summed E-state index contributed by atoms with van der Waals surface area (Å²) in [6.45, 7) is 6.56. The first-order valence-electron chi connectivity index (χ1n) is 5.15. The molecule has 0 radical (unpaired) electrons. The lowest BCUT2D eigenvalue weighted by Gasteiger charge is -2.15. The molecule has 3 atom stereocenters. The van der Waals surface area contributed by atoms with Gasteiger partial charge in [0.05, 0.1) is 18.8 Å². The van der Waals surface area contributed by atoms with Gasteiger partial charge in [0.2, 0.25) is 0 Å². The van der Waals surface area contributed by atoms with Crippen molar-refractivity contribution in [3.63, 3.8) is 0 Å². The van der Waals surface area contributed by atoms with Crippen LogP contribution in [0.15, 0.2) is 0 Å². The summed E-state index contributed by atoms with van der Waals surface area (Å²) in [5, 5.41) is 9.09. The van der Waals surface area contributed by atoms with Crippen molar-refractivity contribution in [2.45, 2.75) is 38.9 Å². The molecular formula is C10H20O3. The van der Waals surface area contributed by atoms with E-state index < -0.39 is 0 Å². The van der Waals surface area contributed by atoms with Gasteiger partial charge in [0.15, 0.2) is 0 Å². The average molecular weight is 188 g/mol. The van der Waals surface area contributed by atoms with Crippen LogP contribution < -0.4 is 0 Å². The van der Waals surface area contributed by atoms with E-state index in [2.05, 4.69) is 0 Å². The Hall–Kier alpha value is -0.120. The molecule has 78 valence electrons. The van der Waals surface area contributed by atoms with Gasteiger partial charge in [0, 0.05) is 13.2 Å². The Morgan fingerprint density at radius 3 is 2.15 bits per heavy atom. The third-order valence-electron chi connectivity index (χ3n) is 2.52. The third kappa shape index (κ3) is 3.25. The highest BCUT2D eigenvalue weighted by Gasteiger charge is 2.39. The zero-order valence-corrected chi connectivity index (χ0v) is 8.53. The summed E-state index contributed by atoms with van der Waals surface area (Å²) in [6, 6.07) is 0. The van der Waals surface area contributed by atoms with Crippen LogP contribution in [-0.4, -0.2) is 37.1 Å². The quantitative estimate of drug-likeness (QED) is 0.707. The predicted molar refractivity (Wildman–Crippen MR) is 50.6 cm³/mol. The Balaban J connectivity index is 0.000000149. The molecule has 3 nitrogen and oxygen atoms in total. The van der Waals surface area contributed by atoms with Gasteiger partial charge < -0.3 is 14.6 Å². The van der Waals surface area contributed by atoms with Crippen LogP contribution in [-0.2, 0) is 9.47 Å². The Morgan fingerprint density at radius 1 is 1.31 bits per heavy atom. The van der Waals surface area contributed by atoms with Gasteiger partial charge in [-0.05, 0) is 32.6 Å². The van der Waals surface area contributed by atoms with Crippen molar-refractivity contribution in [1.82, 2.24) is 0 Å². The number of rotatable bonds is 2. The van der Waals surface area contributed by atoms with Crippen molar-refractivity contribution in [2.75, 3.05) is 19.8 Å². The van der Waals surface area contributed by atoms with Gasteiger partial charge >= 0.3 is 0 Å². The lowest BCUT2D eigenvalue weighted by molar-refractivity contribution is -0.0233. The van der Waals surface area contributed by atoms with E-state index in [0.29, 0.717) is 5.92 Å². The number of hydrogen-bond acceptors (Lipinski definition) is 3. The highest BCUT2D eigenvalue weighted by Crippen LogP contribution is 2.34. The first-order valence-corrected chi connectivity index (χ1v) is 5.15. The molecule has 2 bridgehead atoms. The second-order valence-corrected chi connectivity index (χ2v) is 3.56. The van der Waals surface area contributed by atoms with E-state index in [0.717, 1.165) is 32.7 Å². The van der Waals surface area contributed by atoms with Crippen LogP contribution in [0.5, 0.6) is 0 Å². The molecule has 1 aliphatic carbocycles. The minimum Gasteiger partial charge on any atom is -0.390 e. The van der Waals surface area contributed by atoms with Gasteiger partial charge in [0.25, 0.3) is 0 Å². The normalized spacial score (nSPS) is 35.8. The molecule has 0 amide bonds. The minimum atomic E-state index is -0.145.